The molecular formula is C11H17NSi. The molecule has 0 heterocycles. The van der Waals surface area contributed by atoms with Crippen molar-refractivity contribution in [3.63, 3.8) is 0 Å². The van der Waals surface area contributed by atoms with Crippen molar-refractivity contribution >= 4 is 10.4 Å². The lowest BCUT2D eigenvalue weighted by Crippen LogP contribution is -2.20. The monoisotopic (exact) mass is 191 g/mol. The van der Waals surface area contributed by atoms with E-state index in [1.165, 1.54) is 5.56 Å². The number of hydrogen-bond acceptors (Lipinski definition) is 1. The predicted molar refractivity (Wildman–Crippen MR) is 61.9 cm³/mol. The van der Waals surface area contributed by atoms with Gasteiger partial charge in [0.15, 0.2) is 0 Å². The summed E-state index contributed by atoms with van der Waals surface area (Å²) in [5.41, 5.74) is 1.36. The van der Waals surface area contributed by atoms with Crippen LogP contribution in [0.5, 0.6) is 0 Å². The quantitative estimate of drug-likeness (QED) is 0.510. The maximum Gasteiger partial charge on any atom is 0.0781 e. The van der Waals surface area contributed by atoms with Crippen LogP contribution in [0.15, 0.2) is 43.0 Å². The Morgan fingerprint density at radius 2 is 2.08 bits per heavy atom. The van der Waals surface area contributed by atoms with Crippen LogP contribution >= 0.6 is 0 Å². The van der Waals surface area contributed by atoms with Crippen molar-refractivity contribution in [3.05, 3.63) is 48.6 Å². The standard InChI is InChI=1S/C11H17NSi/c1-3-10(9-12(2)13)11-7-5-4-6-8-11/h3-8,10H,1,9H2,2,13H3. The molecule has 2 heteroatoms. The topological polar surface area (TPSA) is 3.24 Å². The second-order valence-electron chi connectivity index (χ2n) is 3.52. The molecule has 0 aromatic heterocycles. The first-order valence-electron chi connectivity index (χ1n) is 4.56. The van der Waals surface area contributed by atoms with Crippen molar-refractivity contribution in [1.29, 1.82) is 0 Å². The van der Waals surface area contributed by atoms with E-state index in [0.29, 0.717) is 5.92 Å². The molecular weight excluding hydrogens is 174 g/mol. The fourth-order valence-corrected chi connectivity index (χ4v) is 1.80. The largest absolute Gasteiger partial charge is 0.334 e. The second-order valence-corrected chi connectivity index (χ2v) is 5.04. The van der Waals surface area contributed by atoms with Gasteiger partial charge < -0.3 is 4.57 Å². The van der Waals surface area contributed by atoms with Crippen molar-refractivity contribution in [2.24, 2.45) is 0 Å². The van der Waals surface area contributed by atoms with Crippen LogP contribution in [0.3, 0.4) is 0 Å². The summed E-state index contributed by atoms with van der Waals surface area (Å²) in [5.74, 6) is 0.476. The van der Waals surface area contributed by atoms with E-state index >= 15 is 0 Å². The first-order valence-corrected chi connectivity index (χ1v) is 5.45. The summed E-state index contributed by atoms with van der Waals surface area (Å²) in [6.45, 7) is 4.96. The normalized spacial score (nSPS) is 13.1. The SMILES string of the molecule is C=CC(CN(C)[SiH3])c1ccccc1. The van der Waals surface area contributed by atoms with Crippen molar-refractivity contribution in [3.8, 4) is 0 Å². The van der Waals surface area contributed by atoms with Gasteiger partial charge in [-0.3, -0.25) is 0 Å². The van der Waals surface area contributed by atoms with E-state index in [-0.39, 0.29) is 0 Å². The molecule has 1 atom stereocenters. The average molecular weight is 191 g/mol. The Morgan fingerprint density at radius 1 is 1.46 bits per heavy atom. The number of likely N-dealkylation sites (N-methyl/N-ethyl adjacent to an activating group) is 1. The fraction of sp³-hybridized carbons (Fsp3) is 0.273. The van der Waals surface area contributed by atoms with E-state index in [4.69, 9.17) is 0 Å². The summed E-state index contributed by atoms with van der Waals surface area (Å²) in [6.07, 6.45) is 2.03. The van der Waals surface area contributed by atoms with Crippen LogP contribution in [-0.4, -0.2) is 28.6 Å². The minimum absolute atomic E-state index is 0.476. The molecule has 1 aromatic rings. The van der Waals surface area contributed by atoms with E-state index in [0.717, 1.165) is 16.9 Å². The molecule has 0 bridgehead atoms. The summed E-state index contributed by atoms with van der Waals surface area (Å²) in [4.78, 5) is 0. The van der Waals surface area contributed by atoms with Gasteiger partial charge in [-0.25, -0.2) is 0 Å². The van der Waals surface area contributed by atoms with Crippen LogP contribution in [0.2, 0.25) is 0 Å². The van der Waals surface area contributed by atoms with Crippen molar-refractivity contribution < 1.29 is 0 Å². The van der Waals surface area contributed by atoms with Gasteiger partial charge in [-0.2, -0.15) is 0 Å². The highest BCUT2D eigenvalue weighted by Crippen LogP contribution is 2.16. The molecule has 0 aliphatic rings. The van der Waals surface area contributed by atoms with Gasteiger partial charge >= 0.3 is 0 Å². The first kappa shape index (κ1) is 10.2. The second kappa shape index (κ2) is 4.99. The molecule has 0 aliphatic carbocycles. The molecule has 0 radical (unpaired) electrons. The van der Waals surface area contributed by atoms with Gasteiger partial charge in [-0.05, 0) is 12.6 Å². The van der Waals surface area contributed by atoms with Crippen LogP contribution < -0.4 is 0 Å². The molecule has 0 aliphatic heterocycles. The Morgan fingerprint density at radius 3 is 2.54 bits per heavy atom. The molecule has 0 saturated carbocycles. The van der Waals surface area contributed by atoms with Crippen LogP contribution in [0.4, 0.5) is 0 Å². The number of benzene rings is 1. The maximum atomic E-state index is 3.88. The van der Waals surface area contributed by atoms with Gasteiger partial charge in [-0.15, -0.1) is 6.58 Å². The first-order chi connectivity index (χ1) is 6.24. The third-order valence-corrected chi connectivity index (χ3v) is 2.44. The third-order valence-electron chi connectivity index (χ3n) is 2.07. The van der Waals surface area contributed by atoms with Crippen molar-refractivity contribution in [2.45, 2.75) is 5.92 Å². The highest BCUT2D eigenvalue weighted by atomic mass is 28.2. The zero-order valence-electron chi connectivity index (χ0n) is 8.40. The number of hydrogen-bond donors (Lipinski definition) is 0. The average Bonchev–Trinajstić information content (AvgIpc) is 2.15. The van der Waals surface area contributed by atoms with Gasteiger partial charge in [0.2, 0.25) is 0 Å². The summed E-state index contributed by atoms with van der Waals surface area (Å²) < 4.78 is 2.32. The molecule has 0 saturated heterocycles. The van der Waals surface area contributed by atoms with E-state index in [9.17, 15) is 0 Å². The highest BCUT2D eigenvalue weighted by molar-refractivity contribution is 6.04. The molecule has 70 valence electrons. The lowest BCUT2D eigenvalue weighted by atomic mass is 9.99. The van der Waals surface area contributed by atoms with E-state index in [1.54, 1.807) is 0 Å². The van der Waals surface area contributed by atoms with Gasteiger partial charge in [0.05, 0.1) is 10.4 Å². The van der Waals surface area contributed by atoms with Crippen molar-refractivity contribution in [1.82, 2.24) is 4.57 Å². The molecule has 0 fully saturated rings. The number of nitrogens with zero attached hydrogens (tertiary/aromatic N) is 1. The molecule has 0 amide bonds. The Hall–Kier alpha value is -0.863. The Kier molecular flexibility index (Phi) is 3.93. The molecule has 1 rings (SSSR count). The molecule has 13 heavy (non-hydrogen) atoms. The number of rotatable bonds is 4. The smallest absolute Gasteiger partial charge is 0.0781 e. The van der Waals surface area contributed by atoms with Crippen LogP contribution in [0, 0.1) is 0 Å². The summed E-state index contributed by atoms with van der Waals surface area (Å²) in [6, 6.07) is 10.5. The Bertz CT molecular complexity index is 256. The highest BCUT2D eigenvalue weighted by Gasteiger charge is 2.06. The van der Waals surface area contributed by atoms with E-state index < -0.39 is 0 Å². The summed E-state index contributed by atoms with van der Waals surface area (Å²) >= 11 is 0. The van der Waals surface area contributed by atoms with Crippen LogP contribution in [0.1, 0.15) is 11.5 Å². The molecule has 0 N–H and O–H groups in total. The van der Waals surface area contributed by atoms with E-state index in [1.807, 2.05) is 12.1 Å². The fourth-order valence-electron chi connectivity index (χ4n) is 1.41. The van der Waals surface area contributed by atoms with E-state index in [2.05, 4.69) is 42.5 Å². The van der Waals surface area contributed by atoms with Gasteiger partial charge in [0, 0.05) is 12.5 Å². The Labute approximate surface area is 83.6 Å². The lowest BCUT2D eigenvalue weighted by Gasteiger charge is -2.18. The molecule has 1 unspecified atom stereocenters. The molecule has 1 nitrogen and oxygen atoms in total. The van der Waals surface area contributed by atoms with Gasteiger partial charge in [-0.1, -0.05) is 36.4 Å². The minimum atomic E-state index is 0.476. The maximum absolute atomic E-state index is 3.88. The van der Waals surface area contributed by atoms with Crippen LogP contribution in [0.25, 0.3) is 0 Å². The lowest BCUT2D eigenvalue weighted by molar-refractivity contribution is 0.520. The van der Waals surface area contributed by atoms with Crippen LogP contribution in [-0.2, 0) is 0 Å². The minimum Gasteiger partial charge on any atom is -0.334 e. The third kappa shape index (κ3) is 3.17. The summed E-state index contributed by atoms with van der Waals surface area (Å²) in [5, 5.41) is 0. The molecule has 0 spiro atoms. The van der Waals surface area contributed by atoms with Crippen molar-refractivity contribution in [2.75, 3.05) is 13.6 Å². The summed E-state index contributed by atoms with van der Waals surface area (Å²) in [7, 11) is 3.25. The predicted octanol–water partition coefficient (Wildman–Crippen LogP) is 1.17. The zero-order valence-corrected chi connectivity index (χ0v) is 10.4. The van der Waals surface area contributed by atoms with Gasteiger partial charge in [0.25, 0.3) is 0 Å². The van der Waals surface area contributed by atoms with Gasteiger partial charge in [0.1, 0.15) is 0 Å². The molecule has 1 aromatic carbocycles. The zero-order chi connectivity index (χ0) is 9.68. The Balaban J connectivity index is 2.73.